The van der Waals surface area contributed by atoms with E-state index < -0.39 is 0 Å². The Balaban J connectivity index is 1.36. The van der Waals surface area contributed by atoms with Gasteiger partial charge in [0.2, 0.25) is 0 Å². The topological polar surface area (TPSA) is 69.8 Å². The molecule has 0 bridgehead atoms. The van der Waals surface area contributed by atoms with Crippen molar-refractivity contribution in [3.8, 4) is 11.1 Å². The molecule has 1 aliphatic carbocycles. The zero-order chi connectivity index (χ0) is 18.2. The molecule has 0 amide bonds. The van der Waals surface area contributed by atoms with Gasteiger partial charge in [-0.15, -0.1) is 0 Å². The van der Waals surface area contributed by atoms with Gasteiger partial charge in [0.05, 0.1) is 19.4 Å². The Morgan fingerprint density at radius 2 is 1.89 bits per heavy atom. The fourth-order valence-electron chi connectivity index (χ4n) is 4.80. The third-order valence-corrected chi connectivity index (χ3v) is 6.40. The summed E-state index contributed by atoms with van der Waals surface area (Å²) in [6, 6.07) is 3.08. The second-order valence-electron chi connectivity index (χ2n) is 7.93. The van der Waals surface area contributed by atoms with E-state index in [2.05, 4.69) is 45.5 Å². The zero-order valence-electron chi connectivity index (χ0n) is 15.9. The Morgan fingerprint density at radius 3 is 2.63 bits per heavy atom. The fraction of sp³-hybridized carbons (Fsp3) is 0.524. The predicted molar refractivity (Wildman–Crippen MR) is 106 cm³/mol. The summed E-state index contributed by atoms with van der Waals surface area (Å²) >= 11 is 0. The summed E-state index contributed by atoms with van der Waals surface area (Å²) in [5, 5.41) is 8.42. The number of hydrogen-bond donors (Lipinski definition) is 2. The highest BCUT2D eigenvalue weighted by atomic mass is 16.5. The third-order valence-electron chi connectivity index (χ3n) is 6.40. The van der Waals surface area contributed by atoms with Gasteiger partial charge in [-0.25, -0.2) is 4.98 Å². The maximum Gasteiger partial charge on any atom is 0.137 e. The van der Waals surface area contributed by atoms with E-state index in [9.17, 15) is 0 Å². The van der Waals surface area contributed by atoms with E-state index in [1.54, 1.807) is 0 Å². The summed E-state index contributed by atoms with van der Waals surface area (Å²) in [5.74, 6) is 0.618. The SMILES string of the molecule is Cc1[nH]ncc1-c1c[nH]c2ncc(C3CCC(N4CCOCC4)CC3)cc12. The molecule has 5 rings (SSSR count). The monoisotopic (exact) mass is 365 g/mol. The van der Waals surface area contributed by atoms with Gasteiger partial charge in [-0.2, -0.15) is 5.10 Å². The molecule has 4 heterocycles. The molecule has 1 aliphatic heterocycles. The molecule has 0 spiro atoms. The van der Waals surface area contributed by atoms with Crippen LogP contribution in [0, 0.1) is 6.92 Å². The van der Waals surface area contributed by atoms with Crippen LogP contribution in [-0.4, -0.2) is 57.4 Å². The average Bonchev–Trinajstić information content (AvgIpc) is 3.34. The highest BCUT2D eigenvalue weighted by Crippen LogP contribution is 2.37. The lowest BCUT2D eigenvalue weighted by atomic mass is 9.81. The molecule has 6 heteroatoms. The van der Waals surface area contributed by atoms with Gasteiger partial charge in [-0.3, -0.25) is 10.00 Å². The van der Waals surface area contributed by atoms with Gasteiger partial charge in [-0.1, -0.05) is 0 Å². The summed E-state index contributed by atoms with van der Waals surface area (Å²) in [6.45, 7) is 6.04. The second kappa shape index (κ2) is 7.09. The van der Waals surface area contributed by atoms with Gasteiger partial charge in [0, 0.05) is 53.7 Å². The number of H-pyrrole nitrogens is 2. The molecular weight excluding hydrogens is 338 g/mol. The standard InChI is InChI=1S/C21H27N5O/c1-14-19(13-24-25-14)20-12-23-21-18(20)10-16(11-22-21)15-2-4-17(5-3-15)26-6-8-27-9-7-26/h10-13,15,17H,2-9H2,1H3,(H,22,23)(H,24,25). The highest BCUT2D eigenvalue weighted by Gasteiger charge is 2.28. The van der Waals surface area contributed by atoms with Gasteiger partial charge in [0.15, 0.2) is 0 Å². The largest absolute Gasteiger partial charge is 0.379 e. The maximum absolute atomic E-state index is 5.50. The van der Waals surface area contributed by atoms with Crippen molar-refractivity contribution in [2.45, 2.75) is 44.6 Å². The van der Waals surface area contributed by atoms with E-state index in [-0.39, 0.29) is 0 Å². The van der Waals surface area contributed by atoms with Crippen LogP contribution in [-0.2, 0) is 4.74 Å². The molecule has 2 aliphatic rings. The van der Waals surface area contributed by atoms with Crippen LogP contribution in [0.2, 0.25) is 0 Å². The van der Waals surface area contributed by atoms with Crippen LogP contribution < -0.4 is 0 Å². The molecule has 0 radical (unpaired) electrons. The predicted octanol–water partition coefficient (Wildman–Crippen LogP) is 3.62. The molecule has 0 atom stereocenters. The van der Waals surface area contributed by atoms with E-state index in [4.69, 9.17) is 9.72 Å². The first-order valence-corrected chi connectivity index (χ1v) is 10.1. The van der Waals surface area contributed by atoms with Crippen LogP contribution in [0.15, 0.2) is 24.7 Å². The smallest absolute Gasteiger partial charge is 0.137 e. The molecule has 2 fully saturated rings. The lowest BCUT2D eigenvalue weighted by Crippen LogP contribution is -2.44. The second-order valence-corrected chi connectivity index (χ2v) is 7.93. The van der Waals surface area contributed by atoms with Crippen LogP contribution in [0.4, 0.5) is 0 Å². The summed E-state index contributed by atoms with van der Waals surface area (Å²) in [6.07, 6.45) is 11.1. The Bertz CT molecular complexity index is 916. The van der Waals surface area contributed by atoms with Crippen LogP contribution in [0.1, 0.15) is 42.9 Å². The van der Waals surface area contributed by atoms with Gasteiger partial charge >= 0.3 is 0 Å². The molecule has 3 aromatic heterocycles. The normalized spacial score (nSPS) is 24.5. The molecule has 0 aromatic carbocycles. The van der Waals surface area contributed by atoms with Gasteiger partial charge < -0.3 is 9.72 Å². The van der Waals surface area contributed by atoms with Gasteiger partial charge in [-0.05, 0) is 50.2 Å². The van der Waals surface area contributed by atoms with Crippen molar-refractivity contribution in [3.05, 3.63) is 35.9 Å². The van der Waals surface area contributed by atoms with E-state index in [0.717, 1.165) is 49.2 Å². The lowest BCUT2D eigenvalue weighted by Gasteiger charge is -2.38. The Morgan fingerprint density at radius 1 is 1.07 bits per heavy atom. The van der Waals surface area contributed by atoms with E-state index in [0.29, 0.717) is 5.92 Å². The van der Waals surface area contributed by atoms with Gasteiger partial charge in [0.1, 0.15) is 5.65 Å². The van der Waals surface area contributed by atoms with E-state index >= 15 is 0 Å². The first-order valence-electron chi connectivity index (χ1n) is 10.1. The Labute approximate surface area is 159 Å². The van der Waals surface area contributed by atoms with Crippen LogP contribution in [0.25, 0.3) is 22.2 Å². The van der Waals surface area contributed by atoms with Crippen LogP contribution in [0.3, 0.4) is 0 Å². The number of rotatable bonds is 3. The van der Waals surface area contributed by atoms with Crippen molar-refractivity contribution in [1.82, 2.24) is 25.1 Å². The minimum Gasteiger partial charge on any atom is -0.379 e. The zero-order valence-corrected chi connectivity index (χ0v) is 15.9. The molecule has 6 nitrogen and oxygen atoms in total. The van der Waals surface area contributed by atoms with Crippen molar-refractivity contribution in [2.24, 2.45) is 0 Å². The number of nitrogens with zero attached hydrogens (tertiary/aromatic N) is 3. The first kappa shape index (κ1) is 17.0. The summed E-state index contributed by atoms with van der Waals surface area (Å²) < 4.78 is 5.50. The number of nitrogens with one attached hydrogen (secondary N) is 2. The lowest BCUT2D eigenvalue weighted by molar-refractivity contribution is 0.00729. The quantitative estimate of drug-likeness (QED) is 0.744. The highest BCUT2D eigenvalue weighted by molar-refractivity contribution is 5.94. The number of fused-ring (bicyclic) bond motifs is 1. The Hall–Kier alpha value is -2.18. The van der Waals surface area contributed by atoms with Crippen molar-refractivity contribution in [2.75, 3.05) is 26.3 Å². The molecule has 142 valence electrons. The van der Waals surface area contributed by atoms with Crippen LogP contribution >= 0.6 is 0 Å². The third kappa shape index (κ3) is 3.17. The van der Waals surface area contributed by atoms with E-state index in [1.165, 1.54) is 42.2 Å². The molecule has 27 heavy (non-hydrogen) atoms. The molecule has 1 saturated carbocycles. The van der Waals surface area contributed by atoms with E-state index in [1.807, 2.05) is 6.20 Å². The van der Waals surface area contributed by atoms with Crippen molar-refractivity contribution in [1.29, 1.82) is 0 Å². The molecular formula is C21H27N5O. The number of hydrogen-bond acceptors (Lipinski definition) is 4. The van der Waals surface area contributed by atoms with Crippen molar-refractivity contribution >= 4 is 11.0 Å². The summed E-state index contributed by atoms with van der Waals surface area (Å²) in [7, 11) is 0. The van der Waals surface area contributed by atoms with Gasteiger partial charge in [0.25, 0.3) is 0 Å². The number of aromatic amines is 2. The summed E-state index contributed by atoms with van der Waals surface area (Å²) in [5.41, 5.74) is 5.76. The molecule has 1 saturated heterocycles. The molecule has 2 N–H and O–H groups in total. The summed E-state index contributed by atoms with van der Waals surface area (Å²) in [4.78, 5) is 10.7. The number of pyridine rings is 1. The first-order chi connectivity index (χ1) is 13.3. The maximum atomic E-state index is 5.50. The Kier molecular flexibility index (Phi) is 4.45. The average molecular weight is 365 g/mol. The number of aryl methyl sites for hydroxylation is 1. The minimum atomic E-state index is 0.618. The van der Waals surface area contributed by atoms with Crippen LogP contribution in [0.5, 0.6) is 0 Å². The number of aromatic nitrogens is 4. The number of ether oxygens (including phenoxy) is 1. The van der Waals surface area contributed by atoms with Crippen molar-refractivity contribution in [3.63, 3.8) is 0 Å². The minimum absolute atomic E-state index is 0.618. The number of morpholine rings is 1. The molecule has 3 aromatic rings. The fourth-order valence-corrected chi connectivity index (χ4v) is 4.80. The molecule has 0 unspecified atom stereocenters. The van der Waals surface area contributed by atoms with Crippen molar-refractivity contribution < 1.29 is 4.74 Å².